The Hall–Kier alpha value is -0.0800. The molecule has 3 atom stereocenters. The predicted molar refractivity (Wildman–Crippen MR) is 110 cm³/mol. The molecule has 3 rings (SSSR count). The van der Waals surface area contributed by atoms with Crippen molar-refractivity contribution in [2.75, 3.05) is 52.5 Å². The van der Waals surface area contributed by atoms with E-state index in [0.717, 1.165) is 76.2 Å². The maximum Gasteiger partial charge on any atom is 0.191 e. The van der Waals surface area contributed by atoms with Crippen LogP contribution < -0.4 is 10.6 Å². The Morgan fingerprint density at radius 2 is 2.00 bits per heavy atom. The number of halogens is 1. The van der Waals surface area contributed by atoms with Crippen LogP contribution >= 0.6 is 24.0 Å². The van der Waals surface area contributed by atoms with Gasteiger partial charge < -0.3 is 15.4 Å². The van der Waals surface area contributed by atoms with Gasteiger partial charge in [0.1, 0.15) is 0 Å². The zero-order valence-electron chi connectivity index (χ0n) is 15.1. The van der Waals surface area contributed by atoms with Crippen LogP contribution in [0.15, 0.2) is 4.99 Å². The Labute approximate surface area is 164 Å². The van der Waals surface area contributed by atoms with Gasteiger partial charge in [-0.3, -0.25) is 9.89 Å². The van der Waals surface area contributed by atoms with Gasteiger partial charge in [-0.2, -0.15) is 0 Å². The molecule has 0 aromatic heterocycles. The standard InChI is InChI=1S/C18H34N4O.HI/c1-2-19-18(21-7-8-22-9-11-23-12-10-22)20-6-5-17-14-15-3-4-16(17)13-15;/h15-17H,2-14H2,1H3,(H2,19,20,21);1H. The number of nitrogens with zero attached hydrogens (tertiary/aromatic N) is 2. The van der Waals surface area contributed by atoms with Crippen LogP contribution in [0.1, 0.15) is 39.0 Å². The molecule has 0 aromatic carbocycles. The zero-order chi connectivity index (χ0) is 15.9. The van der Waals surface area contributed by atoms with E-state index in [4.69, 9.17) is 9.73 Å². The van der Waals surface area contributed by atoms with Crippen LogP contribution in [-0.2, 0) is 4.74 Å². The first-order valence-electron chi connectivity index (χ1n) is 9.67. The smallest absolute Gasteiger partial charge is 0.191 e. The highest BCUT2D eigenvalue weighted by Gasteiger charge is 2.38. The number of guanidine groups is 1. The molecule has 3 fully saturated rings. The van der Waals surface area contributed by atoms with Gasteiger partial charge in [-0.15, -0.1) is 24.0 Å². The maximum atomic E-state index is 5.39. The van der Waals surface area contributed by atoms with E-state index in [2.05, 4.69) is 22.5 Å². The van der Waals surface area contributed by atoms with Crippen molar-refractivity contribution in [2.24, 2.45) is 22.7 Å². The average molecular weight is 450 g/mol. The van der Waals surface area contributed by atoms with E-state index >= 15 is 0 Å². The molecule has 2 saturated carbocycles. The number of aliphatic imine (C=N–C) groups is 1. The Bertz CT molecular complexity index is 387. The third-order valence-electron chi connectivity index (χ3n) is 5.82. The van der Waals surface area contributed by atoms with Gasteiger partial charge in [-0.25, -0.2) is 0 Å². The van der Waals surface area contributed by atoms with E-state index < -0.39 is 0 Å². The summed E-state index contributed by atoms with van der Waals surface area (Å²) in [5.74, 6) is 4.01. The van der Waals surface area contributed by atoms with Crippen molar-refractivity contribution in [1.29, 1.82) is 0 Å². The first-order chi connectivity index (χ1) is 11.3. The van der Waals surface area contributed by atoms with Crippen LogP contribution in [0.4, 0.5) is 0 Å². The Kier molecular flexibility index (Phi) is 9.11. The maximum absolute atomic E-state index is 5.39. The monoisotopic (exact) mass is 450 g/mol. The number of fused-ring (bicyclic) bond motifs is 2. The van der Waals surface area contributed by atoms with Crippen molar-refractivity contribution in [3.63, 3.8) is 0 Å². The lowest BCUT2D eigenvalue weighted by Crippen LogP contribution is -2.44. The van der Waals surface area contributed by atoms with Gasteiger partial charge in [-0.05, 0) is 50.4 Å². The summed E-state index contributed by atoms with van der Waals surface area (Å²) in [4.78, 5) is 7.25. The Morgan fingerprint density at radius 1 is 1.17 bits per heavy atom. The third kappa shape index (κ3) is 6.02. The first kappa shape index (κ1) is 20.2. The molecule has 1 heterocycles. The summed E-state index contributed by atoms with van der Waals surface area (Å²) >= 11 is 0. The fourth-order valence-corrected chi connectivity index (χ4v) is 4.57. The van der Waals surface area contributed by atoms with Crippen LogP contribution in [0.3, 0.4) is 0 Å². The second kappa shape index (κ2) is 10.8. The molecule has 0 aromatic rings. The number of ether oxygens (including phenoxy) is 1. The molecule has 2 aliphatic carbocycles. The summed E-state index contributed by atoms with van der Waals surface area (Å²) in [5, 5.41) is 6.86. The van der Waals surface area contributed by atoms with Gasteiger partial charge in [0.15, 0.2) is 5.96 Å². The number of hydrogen-bond donors (Lipinski definition) is 2. The van der Waals surface area contributed by atoms with Crippen molar-refractivity contribution < 1.29 is 4.74 Å². The average Bonchev–Trinajstić information content (AvgIpc) is 3.19. The summed E-state index contributed by atoms with van der Waals surface area (Å²) in [5.41, 5.74) is 0. The number of morpholine rings is 1. The summed E-state index contributed by atoms with van der Waals surface area (Å²) in [6, 6.07) is 0. The van der Waals surface area contributed by atoms with E-state index in [0.29, 0.717) is 0 Å². The summed E-state index contributed by atoms with van der Waals surface area (Å²) < 4.78 is 5.39. The zero-order valence-corrected chi connectivity index (χ0v) is 17.5. The van der Waals surface area contributed by atoms with Gasteiger partial charge in [0.05, 0.1) is 13.2 Å². The molecule has 3 unspecified atom stereocenters. The van der Waals surface area contributed by atoms with Crippen molar-refractivity contribution in [3.05, 3.63) is 0 Å². The summed E-state index contributed by atoms with van der Waals surface area (Å²) in [6.07, 6.45) is 7.24. The molecule has 2 bridgehead atoms. The second-order valence-corrected chi connectivity index (χ2v) is 7.37. The van der Waals surface area contributed by atoms with Crippen LogP contribution in [0, 0.1) is 17.8 Å². The molecular weight excluding hydrogens is 415 g/mol. The van der Waals surface area contributed by atoms with E-state index in [-0.39, 0.29) is 24.0 Å². The van der Waals surface area contributed by atoms with E-state index in [1.165, 1.54) is 32.1 Å². The summed E-state index contributed by atoms with van der Waals surface area (Å²) in [7, 11) is 0. The highest BCUT2D eigenvalue weighted by Crippen LogP contribution is 2.49. The molecule has 5 nitrogen and oxygen atoms in total. The fourth-order valence-electron chi connectivity index (χ4n) is 4.57. The molecule has 3 aliphatic rings. The fraction of sp³-hybridized carbons (Fsp3) is 0.944. The van der Waals surface area contributed by atoms with Gasteiger partial charge in [0, 0.05) is 39.3 Å². The first-order valence-corrected chi connectivity index (χ1v) is 9.67. The van der Waals surface area contributed by atoms with Crippen LogP contribution in [-0.4, -0.2) is 63.3 Å². The molecule has 140 valence electrons. The minimum atomic E-state index is 0. The molecule has 0 spiro atoms. The lowest BCUT2D eigenvalue weighted by Gasteiger charge is -2.26. The molecule has 1 aliphatic heterocycles. The number of rotatable bonds is 7. The highest BCUT2D eigenvalue weighted by atomic mass is 127. The Balaban J connectivity index is 0.00000208. The van der Waals surface area contributed by atoms with Gasteiger partial charge in [0.25, 0.3) is 0 Å². The van der Waals surface area contributed by atoms with Crippen molar-refractivity contribution >= 4 is 29.9 Å². The molecule has 2 N–H and O–H groups in total. The largest absolute Gasteiger partial charge is 0.379 e. The lowest BCUT2D eigenvalue weighted by atomic mass is 9.86. The van der Waals surface area contributed by atoms with E-state index in [9.17, 15) is 0 Å². The molecule has 24 heavy (non-hydrogen) atoms. The predicted octanol–water partition coefficient (Wildman–Crippen LogP) is 2.32. The van der Waals surface area contributed by atoms with Gasteiger partial charge >= 0.3 is 0 Å². The summed E-state index contributed by atoms with van der Waals surface area (Å²) in [6.45, 7) is 9.92. The molecule has 6 heteroatoms. The van der Waals surface area contributed by atoms with Crippen LogP contribution in [0.2, 0.25) is 0 Å². The minimum Gasteiger partial charge on any atom is -0.379 e. The molecule has 0 radical (unpaired) electrons. The van der Waals surface area contributed by atoms with Gasteiger partial charge in [-0.1, -0.05) is 6.42 Å². The number of nitrogens with one attached hydrogen (secondary N) is 2. The number of hydrogen-bond acceptors (Lipinski definition) is 3. The normalized spacial score (nSPS) is 30.2. The molecule has 0 amide bonds. The topological polar surface area (TPSA) is 48.9 Å². The van der Waals surface area contributed by atoms with Crippen molar-refractivity contribution in [2.45, 2.75) is 39.0 Å². The van der Waals surface area contributed by atoms with Crippen molar-refractivity contribution in [1.82, 2.24) is 15.5 Å². The van der Waals surface area contributed by atoms with Crippen molar-refractivity contribution in [3.8, 4) is 0 Å². The lowest BCUT2D eigenvalue weighted by molar-refractivity contribution is 0.0389. The quantitative estimate of drug-likeness (QED) is 0.355. The second-order valence-electron chi connectivity index (χ2n) is 7.37. The van der Waals surface area contributed by atoms with Crippen LogP contribution in [0.25, 0.3) is 0 Å². The highest BCUT2D eigenvalue weighted by molar-refractivity contribution is 14.0. The molecular formula is C18H35IN4O. The van der Waals surface area contributed by atoms with E-state index in [1.807, 2.05) is 0 Å². The third-order valence-corrected chi connectivity index (χ3v) is 5.82. The van der Waals surface area contributed by atoms with Gasteiger partial charge in [0.2, 0.25) is 0 Å². The van der Waals surface area contributed by atoms with Crippen LogP contribution in [0.5, 0.6) is 0 Å². The minimum absolute atomic E-state index is 0. The SMILES string of the molecule is CCNC(=NCCC1CC2CCC1C2)NCCN1CCOCC1.I. The molecule has 1 saturated heterocycles. The Morgan fingerprint density at radius 3 is 2.67 bits per heavy atom. The van der Waals surface area contributed by atoms with E-state index in [1.54, 1.807) is 0 Å².